The van der Waals surface area contributed by atoms with E-state index in [0.717, 1.165) is 19.3 Å². The number of nitrogens with two attached hydrogens (primary N) is 1. The van der Waals surface area contributed by atoms with Crippen LogP contribution in [0.4, 0.5) is 0 Å². The molecule has 0 amide bonds. The van der Waals surface area contributed by atoms with Crippen LogP contribution in [0.25, 0.3) is 0 Å². The van der Waals surface area contributed by atoms with Gasteiger partial charge in [0.25, 0.3) is 0 Å². The van der Waals surface area contributed by atoms with Crippen LogP contribution in [0.3, 0.4) is 0 Å². The van der Waals surface area contributed by atoms with Gasteiger partial charge in [0.2, 0.25) is 0 Å². The highest BCUT2D eigenvalue weighted by Gasteiger charge is 2.25. The van der Waals surface area contributed by atoms with E-state index in [4.69, 9.17) is 24.7 Å². The Labute approximate surface area is 239 Å². The lowest BCUT2D eigenvalue weighted by Gasteiger charge is -2.22. The van der Waals surface area contributed by atoms with E-state index in [1.807, 2.05) is 27.7 Å². The number of carbonyl (C=O) groups excluding carboxylic acids is 4. The summed E-state index contributed by atoms with van der Waals surface area (Å²) in [5.41, 5.74) is 6.72. The van der Waals surface area contributed by atoms with E-state index in [0.29, 0.717) is 36.7 Å². The molecule has 0 radical (unpaired) electrons. The predicted molar refractivity (Wildman–Crippen MR) is 153 cm³/mol. The molecule has 40 heavy (non-hydrogen) atoms. The van der Waals surface area contributed by atoms with Gasteiger partial charge in [0.1, 0.15) is 18.2 Å². The fraction of sp³-hybridized carbons (Fsp3) is 0.677. The van der Waals surface area contributed by atoms with Crippen LogP contribution in [0.15, 0.2) is 18.2 Å². The van der Waals surface area contributed by atoms with Crippen molar-refractivity contribution in [2.45, 2.75) is 125 Å². The third kappa shape index (κ3) is 14.4. The van der Waals surface area contributed by atoms with Crippen LogP contribution in [0.1, 0.15) is 105 Å². The van der Waals surface area contributed by atoms with Crippen molar-refractivity contribution in [3.05, 3.63) is 23.8 Å². The van der Waals surface area contributed by atoms with Crippen molar-refractivity contribution in [1.82, 2.24) is 0 Å². The van der Waals surface area contributed by atoms with Gasteiger partial charge in [0.15, 0.2) is 11.5 Å². The van der Waals surface area contributed by atoms with Gasteiger partial charge < -0.3 is 24.7 Å². The van der Waals surface area contributed by atoms with Gasteiger partial charge in [-0.3, -0.25) is 19.2 Å². The molecule has 0 aromatic heterocycles. The minimum atomic E-state index is -1.01. The Kier molecular flexibility index (Phi) is 16.2. The number of carbonyl (C=O) groups is 4. The van der Waals surface area contributed by atoms with Crippen molar-refractivity contribution < 1.29 is 38.1 Å². The Morgan fingerprint density at radius 3 is 1.82 bits per heavy atom. The highest BCUT2D eigenvalue weighted by molar-refractivity contribution is 5.77. The lowest BCUT2D eigenvalue weighted by Crippen LogP contribution is -2.39. The first-order valence-corrected chi connectivity index (χ1v) is 14.5. The summed E-state index contributed by atoms with van der Waals surface area (Å²) in [6, 6.07) is 3.73. The van der Waals surface area contributed by atoms with E-state index in [2.05, 4.69) is 6.92 Å². The van der Waals surface area contributed by atoms with Gasteiger partial charge in [-0.25, -0.2) is 0 Å². The van der Waals surface area contributed by atoms with E-state index in [1.54, 1.807) is 26.0 Å². The maximum Gasteiger partial charge on any atom is 0.323 e. The average Bonchev–Trinajstić information content (AvgIpc) is 2.87. The maximum atomic E-state index is 12.7. The molecule has 0 spiro atoms. The first kappa shape index (κ1) is 35.1. The molecule has 1 unspecified atom stereocenters. The van der Waals surface area contributed by atoms with Crippen LogP contribution < -0.4 is 15.2 Å². The molecule has 9 nitrogen and oxygen atoms in total. The largest absolute Gasteiger partial charge is 0.459 e. The Hall–Kier alpha value is -2.94. The molecule has 1 aromatic rings. The standard InChI is InChI=1S/C31H49NO8/c1-8-9-10-11-28(33)37-22(6)23(7)38-31(36)25(32)18-24-14-15-26(39-29(34)16-12-20(2)3)27(19-24)40-30(35)17-13-21(4)5/h14-15,19-23,25H,8-13,16-18,32H2,1-7H3/t22?,23-,25-/m0/s1. The van der Waals surface area contributed by atoms with Gasteiger partial charge in [0, 0.05) is 19.3 Å². The molecule has 0 fully saturated rings. The summed E-state index contributed by atoms with van der Waals surface area (Å²) < 4.78 is 21.9. The molecular weight excluding hydrogens is 514 g/mol. The molecule has 1 rings (SSSR count). The number of benzene rings is 1. The first-order valence-electron chi connectivity index (χ1n) is 14.5. The lowest BCUT2D eigenvalue weighted by atomic mass is 10.1. The van der Waals surface area contributed by atoms with Crippen LogP contribution in [0.2, 0.25) is 0 Å². The second kappa shape index (κ2) is 18.4. The summed E-state index contributed by atoms with van der Waals surface area (Å²) in [5, 5.41) is 0. The molecule has 0 saturated carbocycles. The van der Waals surface area contributed by atoms with Gasteiger partial charge in [0.05, 0.1) is 0 Å². The summed E-state index contributed by atoms with van der Waals surface area (Å²) in [6.45, 7) is 13.4. The van der Waals surface area contributed by atoms with E-state index < -0.39 is 36.2 Å². The van der Waals surface area contributed by atoms with E-state index in [1.165, 1.54) is 6.07 Å². The molecule has 0 heterocycles. The third-order valence-corrected chi connectivity index (χ3v) is 6.33. The van der Waals surface area contributed by atoms with Crippen molar-refractivity contribution >= 4 is 23.9 Å². The minimum Gasteiger partial charge on any atom is -0.459 e. The molecule has 0 aliphatic carbocycles. The quantitative estimate of drug-likeness (QED) is 0.136. The molecular formula is C31H49NO8. The van der Waals surface area contributed by atoms with Gasteiger partial charge >= 0.3 is 23.9 Å². The SMILES string of the molecule is CCCCCC(=O)OC(C)[C@H](C)OC(=O)[C@@H](N)Cc1ccc(OC(=O)CCC(C)C)c(OC(=O)CCC(C)C)c1. The second-order valence-corrected chi connectivity index (χ2v) is 11.2. The number of esters is 4. The van der Waals surface area contributed by atoms with Crippen LogP contribution in [-0.4, -0.2) is 42.1 Å². The van der Waals surface area contributed by atoms with E-state index in [-0.39, 0.29) is 36.7 Å². The lowest BCUT2D eigenvalue weighted by molar-refractivity contribution is -0.166. The van der Waals surface area contributed by atoms with Crippen LogP contribution in [-0.2, 0) is 35.1 Å². The third-order valence-electron chi connectivity index (χ3n) is 6.33. The maximum absolute atomic E-state index is 12.7. The highest BCUT2D eigenvalue weighted by Crippen LogP contribution is 2.30. The zero-order chi connectivity index (χ0) is 30.2. The summed E-state index contributed by atoms with van der Waals surface area (Å²) in [7, 11) is 0. The molecule has 0 saturated heterocycles. The second-order valence-electron chi connectivity index (χ2n) is 11.2. The van der Waals surface area contributed by atoms with Crippen LogP contribution in [0.5, 0.6) is 11.5 Å². The number of ether oxygens (including phenoxy) is 4. The van der Waals surface area contributed by atoms with Gasteiger partial charge in [-0.1, -0.05) is 53.5 Å². The average molecular weight is 564 g/mol. The Morgan fingerprint density at radius 2 is 1.27 bits per heavy atom. The van der Waals surface area contributed by atoms with Crippen molar-refractivity contribution in [1.29, 1.82) is 0 Å². The predicted octanol–water partition coefficient (Wildman–Crippen LogP) is 5.68. The molecule has 0 bridgehead atoms. The first-order chi connectivity index (χ1) is 18.8. The van der Waals surface area contributed by atoms with E-state index in [9.17, 15) is 19.2 Å². The van der Waals surface area contributed by atoms with Gasteiger partial charge in [-0.15, -0.1) is 0 Å². The van der Waals surface area contributed by atoms with Gasteiger partial charge in [-0.05, 0) is 69.1 Å². The minimum absolute atomic E-state index is 0.0921. The van der Waals surface area contributed by atoms with Crippen LogP contribution in [0, 0.1) is 11.8 Å². The van der Waals surface area contributed by atoms with E-state index >= 15 is 0 Å². The van der Waals surface area contributed by atoms with Crippen molar-refractivity contribution in [3.63, 3.8) is 0 Å². The summed E-state index contributed by atoms with van der Waals surface area (Å²) in [6.07, 6.45) is 3.61. The van der Waals surface area contributed by atoms with Crippen molar-refractivity contribution in [2.24, 2.45) is 17.6 Å². The van der Waals surface area contributed by atoms with Crippen molar-refractivity contribution in [3.8, 4) is 11.5 Å². The zero-order valence-electron chi connectivity index (χ0n) is 25.3. The molecule has 0 aliphatic heterocycles. The summed E-state index contributed by atoms with van der Waals surface area (Å²) in [4.78, 5) is 49.4. The highest BCUT2D eigenvalue weighted by atomic mass is 16.6. The Balaban J connectivity index is 2.87. The fourth-order valence-electron chi connectivity index (χ4n) is 3.59. The number of hydrogen-bond donors (Lipinski definition) is 1. The topological polar surface area (TPSA) is 131 Å². The molecule has 226 valence electrons. The Morgan fingerprint density at radius 1 is 0.725 bits per heavy atom. The number of hydrogen-bond acceptors (Lipinski definition) is 9. The van der Waals surface area contributed by atoms with Gasteiger partial charge in [-0.2, -0.15) is 0 Å². The summed E-state index contributed by atoms with van der Waals surface area (Å²) >= 11 is 0. The molecule has 0 aliphatic rings. The zero-order valence-corrected chi connectivity index (χ0v) is 25.3. The monoisotopic (exact) mass is 563 g/mol. The molecule has 3 atom stereocenters. The number of rotatable bonds is 18. The Bertz CT molecular complexity index is 959. The smallest absolute Gasteiger partial charge is 0.323 e. The van der Waals surface area contributed by atoms with Crippen LogP contribution >= 0.6 is 0 Å². The molecule has 1 aromatic carbocycles. The summed E-state index contributed by atoms with van der Waals surface area (Å²) in [5.74, 6) is -0.943. The number of unbranched alkanes of at least 4 members (excludes halogenated alkanes) is 2. The molecule has 2 N–H and O–H groups in total. The fourth-order valence-corrected chi connectivity index (χ4v) is 3.59. The molecule has 9 heteroatoms. The normalized spacial score (nSPS) is 13.4. The van der Waals surface area contributed by atoms with Crippen molar-refractivity contribution in [2.75, 3.05) is 0 Å².